The molecule has 0 saturated carbocycles. The molecule has 28 heavy (non-hydrogen) atoms. The fourth-order valence-electron chi connectivity index (χ4n) is 3.40. The van der Waals surface area contributed by atoms with Crippen LogP contribution in [0.5, 0.6) is 5.75 Å². The second-order valence-electron chi connectivity index (χ2n) is 7.12. The molecule has 1 heterocycles. The first-order valence-electron chi connectivity index (χ1n) is 9.70. The van der Waals surface area contributed by atoms with Crippen LogP contribution in [-0.4, -0.2) is 31.1 Å². The highest BCUT2D eigenvalue weighted by atomic mass is 16.5. The van der Waals surface area contributed by atoms with E-state index in [1.54, 1.807) is 17.0 Å². The van der Waals surface area contributed by atoms with E-state index in [4.69, 9.17) is 4.74 Å². The number of hydrogen-bond acceptors (Lipinski definition) is 3. The molecular weight excluding hydrogens is 354 g/mol. The summed E-state index contributed by atoms with van der Waals surface area (Å²) in [6.07, 6.45) is 0.834. The monoisotopic (exact) mass is 381 g/mol. The summed E-state index contributed by atoms with van der Waals surface area (Å²) in [5.74, 6) is 0.461. The number of benzene rings is 2. The summed E-state index contributed by atoms with van der Waals surface area (Å²) in [6, 6.07) is 14.1. The standard InChI is InChI=1S/C22H27N3O3/c1-4-28-19-12-8-6-10-17(19)23-22(27)24-20(15(2)3)21(26)25-14-13-16-9-5-7-11-18(16)25/h5-12,15,20H,4,13-14H2,1-3H3,(H2,23,24,27)/t20-/m1/s1. The first-order valence-corrected chi connectivity index (χ1v) is 9.70. The maximum atomic E-state index is 13.2. The van der Waals surface area contributed by atoms with Crippen LogP contribution in [0.25, 0.3) is 0 Å². The van der Waals surface area contributed by atoms with E-state index in [2.05, 4.69) is 10.6 Å². The SMILES string of the molecule is CCOc1ccccc1NC(=O)N[C@@H](C(=O)N1CCc2ccccc21)C(C)C. The number of rotatable bonds is 6. The lowest BCUT2D eigenvalue weighted by molar-refractivity contribution is -0.121. The Morgan fingerprint density at radius 3 is 2.57 bits per heavy atom. The van der Waals surface area contributed by atoms with E-state index in [0.717, 1.165) is 17.7 Å². The number of nitrogens with zero attached hydrogens (tertiary/aromatic N) is 1. The summed E-state index contributed by atoms with van der Waals surface area (Å²) >= 11 is 0. The lowest BCUT2D eigenvalue weighted by atomic mass is 10.0. The van der Waals surface area contributed by atoms with Crippen molar-refractivity contribution < 1.29 is 14.3 Å². The van der Waals surface area contributed by atoms with Crippen LogP contribution in [0.3, 0.4) is 0 Å². The normalized spacial score (nSPS) is 13.8. The Kier molecular flexibility index (Phi) is 6.19. The molecule has 0 fully saturated rings. The van der Waals surface area contributed by atoms with Gasteiger partial charge in [0.15, 0.2) is 0 Å². The van der Waals surface area contributed by atoms with Crippen molar-refractivity contribution in [3.63, 3.8) is 0 Å². The highest BCUT2D eigenvalue weighted by Gasteiger charge is 2.32. The van der Waals surface area contributed by atoms with Gasteiger partial charge in [-0.05, 0) is 43.0 Å². The fraction of sp³-hybridized carbons (Fsp3) is 0.364. The van der Waals surface area contributed by atoms with Gasteiger partial charge in [0.05, 0.1) is 12.3 Å². The second kappa shape index (κ2) is 8.78. The molecule has 3 amide bonds. The van der Waals surface area contributed by atoms with Crippen molar-refractivity contribution in [3.8, 4) is 5.75 Å². The van der Waals surface area contributed by atoms with Gasteiger partial charge in [-0.15, -0.1) is 0 Å². The number of fused-ring (bicyclic) bond motifs is 1. The molecule has 1 aliphatic heterocycles. The molecule has 0 spiro atoms. The van der Waals surface area contributed by atoms with Crippen molar-refractivity contribution in [1.29, 1.82) is 0 Å². The van der Waals surface area contributed by atoms with E-state index < -0.39 is 12.1 Å². The van der Waals surface area contributed by atoms with E-state index in [9.17, 15) is 9.59 Å². The van der Waals surface area contributed by atoms with E-state index in [1.807, 2.05) is 57.2 Å². The van der Waals surface area contributed by atoms with E-state index in [0.29, 0.717) is 24.6 Å². The number of nitrogens with one attached hydrogen (secondary N) is 2. The molecule has 0 unspecified atom stereocenters. The van der Waals surface area contributed by atoms with Crippen molar-refractivity contribution in [3.05, 3.63) is 54.1 Å². The minimum absolute atomic E-state index is 0.0480. The Morgan fingerprint density at radius 2 is 1.82 bits per heavy atom. The Balaban J connectivity index is 1.72. The van der Waals surface area contributed by atoms with E-state index in [1.165, 1.54) is 0 Å². The molecule has 6 nitrogen and oxygen atoms in total. The Hall–Kier alpha value is -3.02. The Labute approximate surface area is 165 Å². The van der Waals surface area contributed by atoms with Crippen molar-refractivity contribution in [2.75, 3.05) is 23.4 Å². The summed E-state index contributed by atoms with van der Waals surface area (Å²) < 4.78 is 5.54. The van der Waals surface area contributed by atoms with Crippen LogP contribution in [0, 0.1) is 5.92 Å². The zero-order chi connectivity index (χ0) is 20.1. The van der Waals surface area contributed by atoms with Crippen molar-refractivity contribution >= 4 is 23.3 Å². The third kappa shape index (κ3) is 4.27. The third-order valence-electron chi connectivity index (χ3n) is 4.81. The zero-order valence-corrected chi connectivity index (χ0v) is 16.6. The van der Waals surface area contributed by atoms with E-state index >= 15 is 0 Å². The molecule has 0 bridgehead atoms. The van der Waals surface area contributed by atoms with Gasteiger partial charge in [-0.25, -0.2) is 4.79 Å². The Morgan fingerprint density at radius 1 is 1.11 bits per heavy atom. The second-order valence-corrected chi connectivity index (χ2v) is 7.12. The molecule has 6 heteroatoms. The molecule has 0 saturated heterocycles. The van der Waals surface area contributed by atoms with Crippen LogP contribution >= 0.6 is 0 Å². The summed E-state index contributed by atoms with van der Waals surface area (Å²) in [5, 5.41) is 5.64. The number of ether oxygens (including phenoxy) is 1. The largest absolute Gasteiger partial charge is 0.492 e. The molecule has 148 valence electrons. The summed E-state index contributed by atoms with van der Waals surface area (Å²) in [5.41, 5.74) is 2.67. The molecule has 1 atom stereocenters. The molecule has 0 aromatic heterocycles. The first kappa shape index (κ1) is 19.7. The van der Waals surface area contributed by atoms with Gasteiger partial charge in [0.1, 0.15) is 11.8 Å². The van der Waals surface area contributed by atoms with Gasteiger partial charge in [-0.3, -0.25) is 4.79 Å². The molecular formula is C22H27N3O3. The van der Waals surface area contributed by atoms with Gasteiger partial charge in [-0.1, -0.05) is 44.2 Å². The van der Waals surface area contributed by atoms with Crippen molar-refractivity contribution in [2.45, 2.75) is 33.2 Å². The number of amides is 3. The van der Waals surface area contributed by atoms with Gasteiger partial charge in [0.25, 0.3) is 0 Å². The van der Waals surface area contributed by atoms with E-state index in [-0.39, 0.29) is 11.8 Å². The molecule has 2 N–H and O–H groups in total. The smallest absolute Gasteiger partial charge is 0.320 e. The quantitative estimate of drug-likeness (QED) is 0.799. The van der Waals surface area contributed by atoms with Crippen LogP contribution in [0.1, 0.15) is 26.3 Å². The molecule has 0 aliphatic carbocycles. The number of hydrogen-bond donors (Lipinski definition) is 2. The predicted octanol–water partition coefficient (Wildman–Crippen LogP) is 3.82. The number of anilines is 2. The van der Waals surface area contributed by atoms with Crippen LogP contribution < -0.4 is 20.3 Å². The summed E-state index contributed by atoms with van der Waals surface area (Å²) in [6.45, 7) is 6.88. The van der Waals surface area contributed by atoms with Gasteiger partial charge in [0, 0.05) is 12.2 Å². The van der Waals surface area contributed by atoms with Gasteiger partial charge in [-0.2, -0.15) is 0 Å². The molecule has 3 rings (SSSR count). The molecule has 2 aromatic carbocycles. The molecule has 0 radical (unpaired) electrons. The van der Waals surface area contributed by atoms with Crippen molar-refractivity contribution in [1.82, 2.24) is 5.32 Å². The minimum Gasteiger partial charge on any atom is -0.492 e. The average Bonchev–Trinajstić information content (AvgIpc) is 3.11. The third-order valence-corrected chi connectivity index (χ3v) is 4.81. The zero-order valence-electron chi connectivity index (χ0n) is 16.6. The van der Waals surface area contributed by atoms with Crippen LogP contribution in [0.15, 0.2) is 48.5 Å². The number of carbonyl (C=O) groups is 2. The maximum absolute atomic E-state index is 13.2. The highest BCUT2D eigenvalue weighted by molar-refractivity contribution is 6.02. The Bertz CT molecular complexity index is 850. The lowest BCUT2D eigenvalue weighted by Crippen LogP contribution is -2.52. The van der Waals surface area contributed by atoms with Crippen LogP contribution in [0.4, 0.5) is 16.2 Å². The first-order chi connectivity index (χ1) is 13.5. The predicted molar refractivity (Wildman–Crippen MR) is 111 cm³/mol. The molecule has 2 aromatic rings. The van der Waals surface area contributed by atoms with Crippen molar-refractivity contribution in [2.24, 2.45) is 5.92 Å². The number of para-hydroxylation sites is 3. The van der Waals surface area contributed by atoms with Gasteiger partial charge >= 0.3 is 6.03 Å². The van der Waals surface area contributed by atoms with Crippen LogP contribution in [0.2, 0.25) is 0 Å². The van der Waals surface area contributed by atoms with Gasteiger partial charge < -0.3 is 20.3 Å². The lowest BCUT2D eigenvalue weighted by Gasteiger charge is -2.27. The highest BCUT2D eigenvalue weighted by Crippen LogP contribution is 2.29. The topological polar surface area (TPSA) is 70.7 Å². The maximum Gasteiger partial charge on any atom is 0.320 e. The van der Waals surface area contributed by atoms with Crippen LogP contribution in [-0.2, 0) is 11.2 Å². The fourth-order valence-corrected chi connectivity index (χ4v) is 3.40. The number of carbonyl (C=O) groups excluding carboxylic acids is 2. The van der Waals surface area contributed by atoms with Gasteiger partial charge in [0.2, 0.25) is 5.91 Å². The summed E-state index contributed by atoms with van der Waals surface area (Å²) in [4.78, 5) is 27.5. The average molecular weight is 381 g/mol. The minimum atomic E-state index is -0.620. The molecule has 1 aliphatic rings. The number of urea groups is 1. The summed E-state index contributed by atoms with van der Waals surface area (Å²) in [7, 11) is 0.